The fraction of sp³-hybridized carbons (Fsp3) is 0.583. The van der Waals surface area contributed by atoms with Gasteiger partial charge in [-0.3, -0.25) is 9.80 Å². The van der Waals surface area contributed by atoms with Crippen molar-refractivity contribution in [2.75, 3.05) is 51.3 Å². The molecule has 1 N–H and O–H groups in total. The van der Waals surface area contributed by atoms with Crippen molar-refractivity contribution in [3.05, 3.63) is 40.4 Å². The number of nitrogens with one attached hydrogen (secondary N) is 1. The predicted octanol–water partition coefficient (Wildman–Crippen LogP) is 4.37. The van der Waals surface area contributed by atoms with Crippen LogP contribution < -0.4 is 5.32 Å². The summed E-state index contributed by atoms with van der Waals surface area (Å²) < 4.78 is 11.3. The number of thiophene rings is 1. The summed E-state index contributed by atoms with van der Waals surface area (Å²) >= 11 is 1.77. The largest absolute Gasteiger partial charge is 0.468 e. The molecule has 2 fully saturated rings. The van der Waals surface area contributed by atoms with E-state index in [9.17, 15) is 0 Å². The molecule has 5 heterocycles. The van der Waals surface area contributed by atoms with Crippen LogP contribution >= 0.6 is 11.3 Å². The third-order valence-corrected chi connectivity index (χ3v) is 7.81. The van der Waals surface area contributed by atoms with E-state index in [2.05, 4.69) is 35.0 Å². The van der Waals surface area contributed by atoms with Gasteiger partial charge in [0.15, 0.2) is 0 Å². The number of hydrogen-bond acceptors (Lipinski definition) is 8. The molecular weight excluding hydrogens is 422 g/mol. The van der Waals surface area contributed by atoms with Crippen LogP contribution in [0.1, 0.15) is 47.3 Å². The highest BCUT2D eigenvalue weighted by molar-refractivity contribution is 7.18. The second-order valence-corrected chi connectivity index (χ2v) is 10.1. The number of aryl methyl sites for hydroxylation is 2. The Morgan fingerprint density at radius 2 is 1.91 bits per heavy atom. The summed E-state index contributed by atoms with van der Waals surface area (Å²) in [4.78, 5) is 17.3. The van der Waals surface area contributed by atoms with E-state index in [4.69, 9.17) is 19.1 Å². The van der Waals surface area contributed by atoms with E-state index in [0.29, 0.717) is 0 Å². The Kier molecular flexibility index (Phi) is 6.73. The lowest BCUT2D eigenvalue weighted by molar-refractivity contribution is 0.0331. The van der Waals surface area contributed by atoms with E-state index in [1.165, 1.54) is 29.7 Å². The zero-order valence-corrected chi connectivity index (χ0v) is 19.9. The van der Waals surface area contributed by atoms with E-state index in [0.717, 1.165) is 80.1 Å². The molecule has 2 saturated heterocycles. The molecule has 0 aliphatic carbocycles. The van der Waals surface area contributed by atoms with Crippen LogP contribution in [-0.2, 0) is 11.3 Å². The molecule has 5 rings (SSSR count). The Bertz CT molecular complexity index is 1020. The highest BCUT2D eigenvalue weighted by Gasteiger charge is 2.25. The standard InChI is InChI=1S/C24H33N5O2S/c1-17-18(2)32-24-22(17)23(26-21(27-24)16-28-10-13-30-14-11-28)25-15-19(20-7-6-12-31-20)29-8-4-3-5-9-29/h6-7,12,19H,3-5,8-11,13-16H2,1-2H3,(H,25,26,27). The van der Waals surface area contributed by atoms with Crippen molar-refractivity contribution in [2.24, 2.45) is 0 Å². The summed E-state index contributed by atoms with van der Waals surface area (Å²) in [6.07, 6.45) is 5.60. The van der Waals surface area contributed by atoms with Gasteiger partial charge in [-0.05, 0) is 57.5 Å². The molecule has 0 spiro atoms. The number of aromatic nitrogens is 2. The Balaban J connectivity index is 1.42. The lowest BCUT2D eigenvalue weighted by atomic mass is 10.1. The summed E-state index contributed by atoms with van der Waals surface area (Å²) in [7, 11) is 0. The number of morpholine rings is 1. The third kappa shape index (κ3) is 4.69. The quantitative estimate of drug-likeness (QED) is 0.567. The van der Waals surface area contributed by atoms with E-state index in [1.54, 1.807) is 17.6 Å². The molecule has 1 unspecified atom stereocenters. The van der Waals surface area contributed by atoms with Crippen molar-refractivity contribution in [1.82, 2.24) is 19.8 Å². The van der Waals surface area contributed by atoms with Crippen molar-refractivity contribution in [3.63, 3.8) is 0 Å². The van der Waals surface area contributed by atoms with Crippen LogP contribution in [0.2, 0.25) is 0 Å². The van der Waals surface area contributed by atoms with Gasteiger partial charge >= 0.3 is 0 Å². The second kappa shape index (κ2) is 9.87. The number of ether oxygens (including phenoxy) is 1. The molecule has 3 aromatic rings. The van der Waals surface area contributed by atoms with Gasteiger partial charge in [0.2, 0.25) is 0 Å². The molecule has 0 aromatic carbocycles. The second-order valence-electron chi connectivity index (χ2n) is 8.85. The minimum atomic E-state index is 0.207. The molecule has 7 nitrogen and oxygen atoms in total. The summed E-state index contributed by atoms with van der Waals surface area (Å²) in [5.41, 5.74) is 1.28. The van der Waals surface area contributed by atoms with Gasteiger partial charge < -0.3 is 14.5 Å². The van der Waals surface area contributed by atoms with Crippen LogP contribution in [0.25, 0.3) is 10.2 Å². The van der Waals surface area contributed by atoms with E-state index in [1.807, 2.05) is 6.07 Å². The number of rotatable bonds is 7. The number of nitrogens with zero attached hydrogens (tertiary/aromatic N) is 4. The molecule has 0 saturated carbocycles. The third-order valence-electron chi connectivity index (χ3n) is 6.71. The molecule has 32 heavy (non-hydrogen) atoms. The normalized spacial score (nSPS) is 19.4. The van der Waals surface area contributed by atoms with Crippen LogP contribution in [0.5, 0.6) is 0 Å². The van der Waals surface area contributed by atoms with Gasteiger partial charge in [-0.2, -0.15) is 0 Å². The fourth-order valence-corrected chi connectivity index (χ4v) is 5.81. The highest BCUT2D eigenvalue weighted by Crippen LogP contribution is 2.34. The van der Waals surface area contributed by atoms with Crippen LogP contribution in [0, 0.1) is 13.8 Å². The summed E-state index contributed by atoms with van der Waals surface area (Å²) in [6, 6.07) is 4.29. The van der Waals surface area contributed by atoms with Gasteiger partial charge in [0.05, 0.1) is 37.4 Å². The lowest BCUT2D eigenvalue weighted by Gasteiger charge is -2.33. The number of likely N-dealkylation sites (tertiary alicyclic amines) is 1. The van der Waals surface area contributed by atoms with Gasteiger partial charge in [-0.15, -0.1) is 11.3 Å². The average Bonchev–Trinajstić information content (AvgIpc) is 3.44. The number of fused-ring (bicyclic) bond motifs is 1. The van der Waals surface area contributed by atoms with Crippen LogP contribution in [0.4, 0.5) is 5.82 Å². The monoisotopic (exact) mass is 455 g/mol. The summed E-state index contributed by atoms with van der Waals surface area (Å²) in [5, 5.41) is 4.88. The Morgan fingerprint density at radius 3 is 2.66 bits per heavy atom. The van der Waals surface area contributed by atoms with Crippen molar-refractivity contribution >= 4 is 27.4 Å². The maximum atomic E-state index is 5.85. The molecule has 0 radical (unpaired) electrons. The molecule has 8 heteroatoms. The first-order valence-electron chi connectivity index (χ1n) is 11.8. The Hall–Kier alpha value is -2.00. The number of furan rings is 1. The molecule has 3 aromatic heterocycles. The van der Waals surface area contributed by atoms with Crippen molar-refractivity contribution in [2.45, 2.75) is 45.7 Å². The Morgan fingerprint density at radius 1 is 1.09 bits per heavy atom. The number of anilines is 1. The highest BCUT2D eigenvalue weighted by atomic mass is 32.1. The van der Waals surface area contributed by atoms with Gasteiger partial charge in [-0.25, -0.2) is 9.97 Å². The van der Waals surface area contributed by atoms with Crippen LogP contribution in [-0.4, -0.2) is 65.7 Å². The summed E-state index contributed by atoms with van der Waals surface area (Å²) in [6.45, 7) is 11.5. The van der Waals surface area contributed by atoms with Crippen molar-refractivity contribution in [3.8, 4) is 0 Å². The molecule has 0 bridgehead atoms. The summed E-state index contributed by atoms with van der Waals surface area (Å²) in [5.74, 6) is 2.86. The smallest absolute Gasteiger partial charge is 0.146 e. The average molecular weight is 456 g/mol. The predicted molar refractivity (Wildman–Crippen MR) is 128 cm³/mol. The molecule has 1 atom stereocenters. The van der Waals surface area contributed by atoms with E-state index < -0.39 is 0 Å². The van der Waals surface area contributed by atoms with Gasteiger partial charge in [0.25, 0.3) is 0 Å². The van der Waals surface area contributed by atoms with Crippen LogP contribution in [0.3, 0.4) is 0 Å². The van der Waals surface area contributed by atoms with Gasteiger partial charge in [-0.1, -0.05) is 6.42 Å². The molecule has 2 aliphatic rings. The topological polar surface area (TPSA) is 66.7 Å². The van der Waals surface area contributed by atoms with Crippen molar-refractivity contribution in [1.29, 1.82) is 0 Å². The zero-order chi connectivity index (χ0) is 21.9. The molecule has 2 aliphatic heterocycles. The SMILES string of the molecule is Cc1sc2nc(CN3CCOCC3)nc(NCC(c3ccco3)N3CCCCC3)c2c1C. The Labute approximate surface area is 193 Å². The first-order valence-corrected chi connectivity index (χ1v) is 12.6. The number of piperidine rings is 1. The zero-order valence-electron chi connectivity index (χ0n) is 19.1. The molecule has 172 valence electrons. The maximum absolute atomic E-state index is 5.85. The molecule has 0 amide bonds. The first-order chi connectivity index (χ1) is 15.7. The van der Waals surface area contributed by atoms with Crippen LogP contribution in [0.15, 0.2) is 22.8 Å². The lowest BCUT2D eigenvalue weighted by Crippen LogP contribution is -2.37. The molecular formula is C24H33N5O2S. The minimum Gasteiger partial charge on any atom is -0.468 e. The maximum Gasteiger partial charge on any atom is 0.146 e. The van der Waals surface area contributed by atoms with Crippen molar-refractivity contribution < 1.29 is 9.15 Å². The van der Waals surface area contributed by atoms with E-state index >= 15 is 0 Å². The minimum absolute atomic E-state index is 0.207. The van der Waals surface area contributed by atoms with Gasteiger partial charge in [0.1, 0.15) is 22.2 Å². The number of hydrogen-bond donors (Lipinski definition) is 1. The van der Waals surface area contributed by atoms with Gasteiger partial charge in [0, 0.05) is 24.5 Å². The first kappa shape index (κ1) is 21.8. The fourth-order valence-electron chi connectivity index (χ4n) is 4.77. The van der Waals surface area contributed by atoms with E-state index in [-0.39, 0.29) is 6.04 Å².